The summed E-state index contributed by atoms with van der Waals surface area (Å²) in [6.07, 6.45) is 7.44. The summed E-state index contributed by atoms with van der Waals surface area (Å²) in [5, 5.41) is 0. The Labute approximate surface area is 117 Å². The second-order valence-electron chi connectivity index (χ2n) is 5.43. The van der Waals surface area contributed by atoms with Crippen molar-refractivity contribution in [1.29, 1.82) is 0 Å². The molecule has 0 N–H and O–H groups in total. The molecule has 3 rings (SSSR count). The average Bonchev–Trinajstić information content (AvgIpc) is 2.80. The minimum atomic E-state index is 0.137. The zero-order valence-electron chi connectivity index (χ0n) is 10.5. The van der Waals surface area contributed by atoms with Crippen molar-refractivity contribution < 1.29 is 9.47 Å². The van der Waals surface area contributed by atoms with E-state index in [1.54, 1.807) is 0 Å². The predicted molar refractivity (Wildman–Crippen MR) is 74.9 cm³/mol. The maximum absolute atomic E-state index is 6.10. The summed E-state index contributed by atoms with van der Waals surface area (Å²) >= 11 is 3.44. The third-order valence-electron chi connectivity index (χ3n) is 4.08. The molecule has 0 bridgehead atoms. The van der Waals surface area contributed by atoms with Crippen molar-refractivity contribution in [2.45, 2.75) is 50.2 Å². The van der Waals surface area contributed by atoms with Gasteiger partial charge in [-0.25, -0.2) is 0 Å². The predicted octanol–water partition coefficient (Wildman–Crippen LogP) is 4.32. The molecular formula is C15H19BrO2. The first-order chi connectivity index (χ1) is 8.76. The summed E-state index contributed by atoms with van der Waals surface area (Å²) in [6, 6.07) is 8.11. The molecule has 1 aliphatic carbocycles. The molecule has 1 aromatic carbocycles. The zero-order chi connectivity index (χ0) is 12.4. The van der Waals surface area contributed by atoms with Crippen molar-refractivity contribution in [3.63, 3.8) is 0 Å². The molecule has 98 valence electrons. The van der Waals surface area contributed by atoms with Crippen molar-refractivity contribution in [3.8, 4) is 5.75 Å². The lowest BCUT2D eigenvalue weighted by atomic mass is 9.90. The van der Waals surface area contributed by atoms with Crippen LogP contribution in [0.3, 0.4) is 0 Å². The Bertz CT molecular complexity index is 395. The monoisotopic (exact) mass is 310 g/mol. The minimum absolute atomic E-state index is 0.137. The van der Waals surface area contributed by atoms with Crippen LogP contribution >= 0.6 is 15.9 Å². The van der Waals surface area contributed by atoms with E-state index in [1.165, 1.54) is 25.7 Å². The van der Waals surface area contributed by atoms with Gasteiger partial charge in [0.25, 0.3) is 0 Å². The van der Waals surface area contributed by atoms with E-state index in [0.717, 1.165) is 29.7 Å². The summed E-state index contributed by atoms with van der Waals surface area (Å²) in [7, 11) is 0. The van der Waals surface area contributed by atoms with Crippen LogP contribution in [0.2, 0.25) is 0 Å². The average molecular weight is 311 g/mol. The third kappa shape index (κ3) is 2.72. The second kappa shape index (κ2) is 5.22. The Balaban J connectivity index is 1.64. The summed E-state index contributed by atoms with van der Waals surface area (Å²) in [6.45, 7) is 0.848. The highest BCUT2D eigenvalue weighted by molar-refractivity contribution is 9.10. The fourth-order valence-electron chi connectivity index (χ4n) is 3.16. The van der Waals surface area contributed by atoms with Gasteiger partial charge in [0.1, 0.15) is 11.9 Å². The number of ether oxygens (including phenoxy) is 2. The van der Waals surface area contributed by atoms with Crippen LogP contribution in [0.25, 0.3) is 0 Å². The molecule has 18 heavy (non-hydrogen) atoms. The molecule has 2 fully saturated rings. The van der Waals surface area contributed by atoms with Gasteiger partial charge >= 0.3 is 0 Å². The molecule has 1 aliphatic heterocycles. The molecule has 0 aromatic heterocycles. The first kappa shape index (κ1) is 12.5. The van der Waals surface area contributed by atoms with Gasteiger partial charge in [-0.1, -0.05) is 28.8 Å². The number of rotatable bonds is 2. The molecule has 0 radical (unpaired) electrons. The summed E-state index contributed by atoms with van der Waals surface area (Å²) < 4.78 is 13.2. The lowest BCUT2D eigenvalue weighted by Crippen LogP contribution is -2.41. The van der Waals surface area contributed by atoms with Crippen molar-refractivity contribution in [2.75, 3.05) is 6.61 Å². The van der Waals surface area contributed by atoms with Crippen molar-refractivity contribution in [1.82, 2.24) is 0 Å². The van der Waals surface area contributed by atoms with E-state index in [2.05, 4.69) is 15.9 Å². The Morgan fingerprint density at radius 2 is 1.89 bits per heavy atom. The van der Waals surface area contributed by atoms with Crippen LogP contribution in [0.4, 0.5) is 0 Å². The largest absolute Gasteiger partial charge is 0.490 e. The normalized spacial score (nSPS) is 26.4. The zero-order valence-corrected chi connectivity index (χ0v) is 12.1. The maximum Gasteiger partial charge on any atom is 0.119 e. The van der Waals surface area contributed by atoms with E-state index in [9.17, 15) is 0 Å². The van der Waals surface area contributed by atoms with Crippen LogP contribution in [0.15, 0.2) is 28.7 Å². The van der Waals surface area contributed by atoms with Crippen LogP contribution in [-0.4, -0.2) is 18.3 Å². The molecule has 1 aromatic rings. The molecule has 1 atom stereocenters. The summed E-state index contributed by atoms with van der Waals surface area (Å²) in [5.74, 6) is 0.971. The second-order valence-corrected chi connectivity index (χ2v) is 6.34. The van der Waals surface area contributed by atoms with Crippen molar-refractivity contribution in [3.05, 3.63) is 28.7 Å². The maximum atomic E-state index is 6.10. The molecule has 0 amide bonds. The van der Waals surface area contributed by atoms with Gasteiger partial charge in [0.15, 0.2) is 0 Å². The number of hydrogen-bond acceptors (Lipinski definition) is 2. The van der Waals surface area contributed by atoms with Crippen LogP contribution in [0.1, 0.15) is 38.5 Å². The Hall–Kier alpha value is -0.540. The number of benzene rings is 1. The van der Waals surface area contributed by atoms with Gasteiger partial charge < -0.3 is 9.47 Å². The van der Waals surface area contributed by atoms with Crippen LogP contribution < -0.4 is 4.74 Å². The van der Waals surface area contributed by atoms with E-state index in [4.69, 9.17) is 9.47 Å². The standard InChI is InChI=1S/C15H19BrO2/c16-12-3-5-13(6-4-12)18-14-7-10-17-15(11-14)8-1-2-9-15/h3-6,14H,1-2,7-11H2. The molecule has 1 saturated carbocycles. The smallest absolute Gasteiger partial charge is 0.119 e. The van der Waals surface area contributed by atoms with Crippen LogP contribution in [0, 0.1) is 0 Å². The highest BCUT2D eigenvalue weighted by Crippen LogP contribution is 2.40. The molecule has 2 nitrogen and oxygen atoms in total. The topological polar surface area (TPSA) is 18.5 Å². The van der Waals surface area contributed by atoms with E-state index in [1.807, 2.05) is 24.3 Å². The van der Waals surface area contributed by atoms with E-state index >= 15 is 0 Å². The molecule has 1 spiro atoms. The highest BCUT2D eigenvalue weighted by atomic mass is 79.9. The lowest BCUT2D eigenvalue weighted by Gasteiger charge is -2.38. The molecule has 1 saturated heterocycles. The SMILES string of the molecule is Brc1ccc(OC2CCOC3(CCCC3)C2)cc1. The molecule has 2 aliphatic rings. The third-order valence-corrected chi connectivity index (χ3v) is 4.61. The lowest BCUT2D eigenvalue weighted by molar-refractivity contribution is -0.108. The van der Waals surface area contributed by atoms with Gasteiger partial charge in [-0.05, 0) is 37.1 Å². The Kier molecular flexibility index (Phi) is 3.62. The minimum Gasteiger partial charge on any atom is -0.490 e. The molecular weight excluding hydrogens is 292 g/mol. The van der Waals surface area contributed by atoms with E-state index < -0.39 is 0 Å². The Morgan fingerprint density at radius 3 is 2.61 bits per heavy atom. The van der Waals surface area contributed by atoms with E-state index in [-0.39, 0.29) is 5.60 Å². The van der Waals surface area contributed by atoms with Crippen LogP contribution in [-0.2, 0) is 4.74 Å². The quantitative estimate of drug-likeness (QED) is 0.810. The van der Waals surface area contributed by atoms with Crippen LogP contribution in [0.5, 0.6) is 5.75 Å². The summed E-state index contributed by atoms with van der Waals surface area (Å²) in [5.41, 5.74) is 0.137. The summed E-state index contributed by atoms with van der Waals surface area (Å²) in [4.78, 5) is 0. The van der Waals surface area contributed by atoms with Crippen molar-refractivity contribution in [2.24, 2.45) is 0 Å². The fraction of sp³-hybridized carbons (Fsp3) is 0.600. The fourth-order valence-corrected chi connectivity index (χ4v) is 3.42. The highest BCUT2D eigenvalue weighted by Gasteiger charge is 2.40. The Morgan fingerprint density at radius 1 is 1.17 bits per heavy atom. The first-order valence-corrected chi connectivity index (χ1v) is 7.61. The number of halogens is 1. The molecule has 3 heteroatoms. The van der Waals surface area contributed by atoms with Gasteiger partial charge in [-0.15, -0.1) is 0 Å². The van der Waals surface area contributed by atoms with E-state index in [0.29, 0.717) is 6.10 Å². The first-order valence-electron chi connectivity index (χ1n) is 6.82. The number of hydrogen-bond donors (Lipinski definition) is 0. The molecule has 1 heterocycles. The van der Waals surface area contributed by atoms with Gasteiger partial charge in [-0.3, -0.25) is 0 Å². The van der Waals surface area contributed by atoms with Gasteiger partial charge in [0, 0.05) is 17.3 Å². The van der Waals surface area contributed by atoms with Gasteiger partial charge in [-0.2, -0.15) is 0 Å². The molecule has 1 unspecified atom stereocenters. The van der Waals surface area contributed by atoms with Gasteiger partial charge in [0.2, 0.25) is 0 Å². The van der Waals surface area contributed by atoms with Crippen molar-refractivity contribution >= 4 is 15.9 Å². The van der Waals surface area contributed by atoms with Gasteiger partial charge in [0.05, 0.1) is 12.2 Å².